The minimum Gasteiger partial charge on any atom is -1.00 e. The van der Waals surface area contributed by atoms with Crippen molar-refractivity contribution < 1.29 is 61.7 Å². The molecule has 0 saturated heterocycles. The largest absolute Gasteiger partial charge is 1.00 e. The van der Waals surface area contributed by atoms with Gasteiger partial charge in [-0.1, -0.05) is 0 Å². The first-order valence-corrected chi connectivity index (χ1v) is 0. The van der Waals surface area contributed by atoms with Crippen molar-refractivity contribution in [1.82, 2.24) is 0 Å². The molecule has 0 saturated carbocycles. The minimum atomic E-state index is 0. The van der Waals surface area contributed by atoms with Gasteiger partial charge in [-0.25, -0.2) is 0 Å². The summed E-state index contributed by atoms with van der Waals surface area (Å²) in [5.41, 5.74) is 0. The smallest absolute Gasteiger partial charge is 1.00 e. The monoisotopic (exact) mass is 468 g/mol. The van der Waals surface area contributed by atoms with Gasteiger partial charge in [-0.15, -0.1) is 74.4 Å². The Hall–Kier alpha value is 3.30. The SMILES string of the molecule is Cl.Cl.Cl.Cl.Cl.Cl.O.O.[H-].[Na+].[Os]. The van der Waals surface area contributed by atoms with Gasteiger partial charge in [-0.2, -0.15) is 0 Å². The molecule has 74 valence electrons. The summed E-state index contributed by atoms with van der Waals surface area (Å²) in [5, 5.41) is 0. The van der Waals surface area contributed by atoms with Gasteiger partial charge in [0.05, 0.1) is 0 Å². The molecule has 0 spiro atoms. The number of hydrogen-bond acceptors (Lipinski definition) is 0. The maximum atomic E-state index is 0. The van der Waals surface area contributed by atoms with E-state index in [1.165, 1.54) is 0 Å². The molecule has 0 aliphatic carbocycles. The average Bonchev–Trinajstić information content (AvgIpc) is 0. The molecule has 0 atom stereocenters. The third-order valence-corrected chi connectivity index (χ3v) is 0. The fourth-order valence-electron chi connectivity index (χ4n) is 0. The molecule has 0 heterocycles. The van der Waals surface area contributed by atoms with Crippen LogP contribution in [0.2, 0.25) is 0 Å². The van der Waals surface area contributed by atoms with Gasteiger partial charge in [0.1, 0.15) is 0 Å². The molecule has 0 aromatic heterocycles. The van der Waals surface area contributed by atoms with Crippen LogP contribution in [0.3, 0.4) is 0 Å². The van der Waals surface area contributed by atoms with Crippen LogP contribution in [0, 0.1) is 0 Å². The van der Waals surface area contributed by atoms with Crippen LogP contribution < -0.4 is 29.6 Å². The van der Waals surface area contributed by atoms with E-state index < -0.39 is 0 Å². The zero-order valence-corrected chi connectivity index (χ0v) is 14.2. The molecular weight excluding hydrogens is 458 g/mol. The number of rotatable bonds is 0. The molecule has 0 aliphatic rings. The van der Waals surface area contributed by atoms with Gasteiger partial charge < -0.3 is 12.4 Å². The normalized spacial score (nSPS) is 0. The van der Waals surface area contributed by atoms with E-state index in [2.05, 4.69) is 0 Å². The standard InChI is InChI=1S/6ClH.Na.2H2O.Os.H/h6*1H;;2*1H2;;/q;;;;;;+1;;;;-1. The quantitative estimate of drug-likeness (QED) is 0.369. The van der Waals surface area contributed by atoms with Crippen molar-refractivity contribution in [3.63, 3.8) is 0 Å². The minimum absolute atomic E-state index is 0. The van der Waals surface area contributed by atoms with E-state index in [0.29, 0.717) is 0 Å². The Morgan fingerprint density at radius 1 is 0.500 bits per heavy atom. The predicted molar refractivity (Wildman–Crippen MR) is 51.8 cm³/mol. The molecule has 10 heavy (non-hydrogen) atoms. The summed E-state index contributed by atoms with van der Waals surface area (Å²) in [4.78, 5) is 0. The maximum Gasteiger partial charge on any atom is 1.00 e. The fourth-order valence-corrected chi connectivity index (χ4v) is 0. The van der Waals surface area contributed by atoms with E-state index in [1.54, 1.807) is 0 Å². The van der Waals surface area contributed by atoms with Crippen molar-refractivity contribution in [3.8, 4) is 0 Å². The summed E-state index contributed by atoms with van der Waals surface area (Å²) in [7, 11) is 0. The van der Waals surface area contributed by atoms with E-state index >= 15 is 0 Å². The van der Waals surface area contributed by atoms with Gasteiger partial charge in [0.15, 0.2) is 0 Å². The third kappa shape index (κ3) is 110. The van der Waals surface area contributed by atoms with Crippen LogP contribution in [-0.4, -0.2) is 11.0 Å². The van der Waals surface area contributed by atoms with Crippen LogP contribution in [0.5, 0.6) is 0 Å². The zero-order valence-electron chi connectivity index (χ0n) is 5.80. The molecule has 4 N–H and O–H groups in total. The Morgan fingerprint density at radius 3 is 0.500 bits per heavy atom. The third-order valence-electron chi connectivity index (χ3n) is 0. The number of hydrogen-bond donors (Lipinski definition) is 0. The molecule has 2 nitrogen and oxygen atoms in total. The van der Waals surface area contributed by atoms with E-state index in [0.717, 1.165) is 0 Å². The van der Waals surface area contributed by atoms with Gasteiger partial charge in [0.2, 0.25) is 0 Å². The Balaban J connectivity index is 0. The second-order valence-corrected chi connectivity index (χ2v) is 0. The Morgan fingerprint density at radius 2 is 0.500 bits per heavy atom. The van der Waals surface area contributed by atoms with E-state index in [-0.39, 0.29) is 136 Å². The molecule has 0 aliphatic heterocycles. The van der Waals surface area contributed by atoms with Crippen molar-refractivity contribution >= 4 is 74.4 Å². The van der Waals surface area contributed by atoms with Gasteiger partial charge in [0.25, 0.3) is 0 Å². The summed E-state index contributed by atoms with van der Waals surface area (Å²) in [6, 6.07) is 0. The molecule has 0 amide bonds. The van der Waals surface area contributed by atoms with Crippen molar-refractivity contribution in [1.29, 1.82) is 0 Å². The van der Waals surface area contributed by atoms with Crippen LogP contribution in [0.4, 0.5) is 0 Å². The van der Waals surface area contributed by atoms with Crippen LogP contribution in [0.1, 0.15) is 1.43 Å². The second-order valence-electron chi connectivity index (χ2n) is 0. The molecular formula is H11Cl6NaO2Os. The molecule has 0 aromatic carbocycles. The molecule has 0 unspecified atom stereocenters. The Bertz CT molecular complexity index is 20.5. The first kappa shape index (κ1) is 185. The van der Waals surface area contributed by atoms with Crippen molar-refractivity contribution in [3.05, 3.63) is 0 Å². The molecule has 0 rings (SSSR count). The van der Waals surface area contributed by atoms with Crippen LogP contribution in [-0.2, 0) is 19.8 Å². The summed E-state index contributed by atoms with van der Waals surface area (Å²) in [6.07, 6.45) is 0. The Kier molecular flexibility index (Phi) is 2670. The van der Waals surface area contributed by atoms with Gasteiger partial charge in [0, 0.05) is 19.8 Å². The summed E-state index contributed by atoms with van der Waals surface area (Å²) in [5.74, 6) is 0. The zero-order chi connectivity index (χ0) is 0. The van der Waals surface area contributed by atoms with Gasteiger partial charge >= 0.3 is 29.6 Å². The first-order valence-electron chi connectivity index (χ1n) is 0. The molecule has 0 aromatic rings. The molecule has 0 fully saturated rings. The van der Waals surface area contributed by atoms with Crippen molar-refractivity contribution in [2.24, 2.45) is 0 Å². The number of halogens is 6. The van der Waals surface area contributed by atoms with Crippen LogP contribution in [0.15, 0.2) is 0 Å². The Labute approximate surface area is 134 Å². The maximum absolute atomic E-state index is 0. The average molecular weight is 469 g/mol. The summed E-state index contributed by atoms with van der Waals surface area (Å²) < 4.78 is 0. The molecule has 10 heteroatoms. The fraction of sp³-hybridized carbons (Fsp3) is 0. The second kappa shape index (κ2) is 144. The van der Waals surface area contributed by atoms with E-state index in [4.69, 9.17) is 0 Å². The topological polar surface area (TPSA) is 63.0 Å². The van der Waals surface area contributed by atoms with Crippen LogP contribution in [0.25, 0.3) is 0 Å². The molecule has 0 radical (unpaired) electrons. The van der Waals surface area contributed by atoms with E-state index in [1.807, 2.05) is 0 Å². The van der Waals surface area contributed by atoms with Crippen molar-refractivity contribution in [2.45, 2.75) is 0 Å². The van der Waals surface area contributed by atoms with Crippen LogP contribution >= 0.6 is 74.4 Å². The van der Waals surface area contributed by atoms with Crippen molar-refractivity contribution in [2.75, 3.05) is 0 Å². The first-order chi connectivity index (χ1) is 0. The van der Waals surface area contributed by atoms with Gasteiger partial charge in [-0.05, 0) is 0 Å². The van der Waals surface area contributed by atoms with Gasteiger partial charge in [-0.3, -0.25) is 0 Å². The molecule has 0 bridgehead atoms. The van der Waals surface area contributed by atoms with E-state index in [9.17, 15) is 0 Å². The predicted octanol–water partition coefficient (Wildman–Crippen LogP) is -2.00. The summed E-state index contributed by atoms with van der Waals surface area (Å²) in [6.45, 7) is 0. The summed E-state index contributed by atoms with van der Waals surface area (Å²) >= 11 is 0.